The molecule has 2 aromatic carbocycles. The number of nitrogens with zero attached hydrogens (tertiary/aromatic N) is 4. The average molecular weight is 455 g/mol. The SMILES string of the molecule is CCCN(c1nc(C2CC2)n(-c2ccc(Cl)cc2Cl)n1)C(CC1CC1)c1ccccc1. The van der Waals surface area contributed by atoms with Crippen LogP contribution in [-0.2, 0) is 0 Å². The number of rotatable bonds is 9. The Morgan fingerprint density at radius 2 is 1.84 bits per heavy atom. The molecule has 0 bridgehead atoms. The zero-order chi connectivity index (χ0) is 21.4. The van der Waals surface area contributed by atoms with Gasteiger partial charge in [0, 0.05) is 17.5 Å². The number of hydrogen-bond acceptors (Lipinski definition) is 3. The summed E-state index contributed by atoms with van der Waals surface area (Å²) in [5.41, 5.74) is 2.19. The fourth-order valence-electron chi connectivity index (χ4n) is 4.29. The number of halogens is 2. The van der Waals surface area contributed by atoms with Crippen LogP contribution in [0.1, 0.15) is 68.8 Å². The van der Waals surface area contributed by atoms with Crippen molar-refractivity contribution in [1.82, 2.24) is 14.8 Å². The van der Waals surface area contributed by atoms with Crippen LogP contribution in [0.2, 0.25) is 10.0 Å². The van der Waals surface area contributed by atoms with Crippen LogP contribution in [0.15, 0.2) is 48.5 Å². The molecule has 1 unspecified atom stereocenters. The molecular formula is C25H28Cl2N4. The quantitative estimate of drug-likeness (QED) is 0.342. The van der Waals surface area contributed by atoms with Crippen LogP contribution in [-0.4, -0.2) is 21.3 Å². The Hall–Kier alpha value is -2.04. The normalized spacial score (nSPS) is 17.0. The first-order valence-corrected chi connectivity index (χ1v) is 12.1. The number of benzene rings is 2. The van der Waals surface area contributed by atoms with Crippen LogP contribution >= 0.6 is 23.2 Å². The minimum absolute atomic E-state index is 0.289. The van der Waals surface area contributed by atoms with Crippen LogP contribution in [0.3, 0.4) is 0 Å². The lowest BCUT2D eigenvalue weighted by Crippen LogP contribution is -2.31. The maximum atomic E-state index is 6.56. The summed E-state index contributed by atoms with van der Waals surface area (Å²) in [4.78, 5) is 7.51. The molecule has 0 N–H and O–H groups in total. The van der Waals surface area contributed by atoms with E-state index in [-0.39, 0.29) is 6.04 Å². The molecule has 0 spiro atoms. The van der Waals surface area contributed by atoms with E-state index in [2.05, 4.69) is 42.2 Å². The van der Waals surface area contributed by atoms with Gasteiger partial charge in [0.2, 0.25) is 5.95 Å². The predicted octanol–water partition coefficient (Wildman–Crippen LogP) is 7.21. The van der Waals surface area contributed by atoms with E-state index in [1.165, 1.54) is 18.4 Å². The summed E-state index contributed by atoms with van der Waals surface area (Å²) in [5, 5.41) is 6.26. The standard InChI is InChI=1S/C25H28Cl2N4/c1-2-14-30(23(15-17-8-9-17)18-6-4-3-5-7-18)25-28-24(19-10-11-19)31(29-25)22-13-12-20(26)16-21(22)27/h3-7,12-13,16-17,19,23H,2,8-11,14-15H2,1H3. The van der Waals surface area contributed by atoms with Crippen molar-refractivity contribution in [1.29, 1.82) is 0 Å². The summed E-state index contributed by atoms with van der Waals surface area (Å²) in [5.74, 6) is 3.08. The average Bonchev–Trinajstić information content (AvgIpc) is 3.70. The van der Waals surface area contributed by atoms with Gasteiger partial charge in [0.25, 0.3) is 0 Å². The first-order valence-electron chi connectivity index (χ1n) is 11.4. The fraction of sp³-hybridized carbons (Fsp3) is 0.440. The molecule has 0 saturated heterocycles. The van der Waals surface area contributed by atoms with E-state index in [1.807, 2.05) is 16.8 Å². The van der Waals surface area contributed by atoms with Crippen LogP contribution in [0.5, 0.6) is 0 Å². The van der Waals surface area contributed by atoms with Crippen molar-refractivity contribution >= 4 is 29.2 Å². The van der Waals surface area contributed by atoms with Crippen LogP contribution < -0.4 is 4.90 Å². The van der Waals surface area contributed by atoms with Crippen molar-refractivity contribution in [2.75, 3.05) is 11.4 Å². The minimum atomic E-state index is 0.289. The van der Waals surface area contributed by atoms with E-state index in [4.69, 9.17) is 33.3 Å². The molecular weight excluding hydrogens is 427 g/mol. The first kappa shape index (κ1) is 20.8. The maximum absolute atomic E-state index is 6.56. The lowest BCUT2D eigenvalue weighted by atomic mass is 9.99. The Kier molecular flexibility index (Phi) is 5.94. The van der Waals surface area contributed by atoms with E-state index >= 15 is 0 Å². The van der Waals surface area contributed by atoms with Gasteiger partial charge in [-0.05, 0) is 55.4 Å². The molecule has 0 aliphatic heterocycles. The van der Waals surface area contributed by atoms with Gasteiger partial charge in [0.05, 0.1) is 16.8 Å². The van der Waals surface area contributed by atoms with Gasteiger partial charge in [-0.15, -0.1) is 5.10 Å². The third kappa shape index (κ3) is 4.61. The molecule has 4 nitrogen and oxygen atoms in total. The maximum Gasteiger partial charge on any atom is 0.245 e. The Morgan fingerprint density at radius 1 is 1.06 bits per heavy atom. The third-order valence-corrected chi connectivity index (χ3v) is 6.77. The topological polar surface area (TPSA) is 34.0 Å². The van der Waals surface area contributed by atoms with Gasteiger partial charge < -0.3 is 4.90 Å². The fourth-order valence-corrected chi connectivity index (χ4v) is 4.78. The Balaban J connectivity index is 1.57. The highest BCUT2D eigenvalue weighted by Crippen LogP contribution is 2.44. The van der Waals surface area contributed by atoms with E-state index in [0.717, 1.165) is 55.6 Å². The van der Waals surface area contributed by atoms with Crippen LogP contribution in [0.25, 0.3) is 5.69 Å². The van der Waals surface area contributed by atoms with Gasteiger partial charge in [-0.25, -0.2) is 4.68 Å². The Morgan fingerprint density at radius 3 is 2.48 bits per heavy atom. The highest BCUT2D eigenvalue weighted by molar-refractivity contribution is 6.35. The van der Waals surface area contributed by atoms with Gasteiger partial charge in [0.1, 0.15) is 5.82 Å². The summed E-state index contributed by atoms with van der Waals surface area (Å²) in [6.45, 7) is 3.15. The molecule has 3 aromatic rings. The van der Waals surface area contributed by atoms with Crippen LogP contribution in [0, 0.1) is 5.92 Å². The van der Waals surface area contributed by atoms with Gasteiger partial charge >= 0.3 is 0 Å². The molecule has 2 fully saturated rings. The van der Waals surface area contributed by atoms with E-state index in [1.54, 1.807) is 6.07 Å². The zero-order valence-corrected chi connectivity index (χ0v) is 19.4. The largest absolute Gasteiger partial charge is 0.332 e. The van der Waals surface area contributed by atoms with Crippen molar-refractivity contribution in [2.24, 2.45) is 5.92 Å². The van der Waals surface area contributed by atoms with Crippen molar-refractivity contribution in [3.63, 3.8) is 0 Å². The molecule has 31 heavy (non-hydrogen) atoms. The Bertz CT molecular complexity index is 1040. The molecule has 2 aliphatic rings. The van der Waals surface area contributed by atoms with Gasteiger partial charge in [0.15, 0.2) is 0 Å². The second-order valence-electron chi connectivity index (χ2n) is 8.85. The summed E-state index contributed by atoms with van der Waals surface area (Å²) in [6.07, 6.45) is 7.17. The number of anilines is 1. The Labute approximate surface area is 194 Å². The minimum Gasteiger partial charge on any atom is -0.332 e. The van der Waals surface area contributed by atoms with Gasteiger partial charge in [-0.3, -0.25) is 0 Å². The molecule has 162 valence electrons. The second kappa shape index (κ2) is 8.84. The lowest BCUT2D eigenvalue weighted by molar-refractivity contribution is 0.527. The van der Waals surface area contributed by atoms with Crippen LogP contribution in [0.4, 0.5) is 5.95 Å². The van der Waals surface area contributed by atoms with Crippen molar-refractivity contribution in [3.8, 4) is 5.69 Å². The van der Waals surface area contributed by atoms with Crippen molar-refractivity contribution in [2.45, 2.75) is 57.4 Å². The molecule has 2 saturated carbocycles. The summed E-state index contributed by atoms with van der Waals surface area (Å²) < 4.78 is 1.95. The molecule has 1 heterocycles. The first-order chi connectivity index (χ1) is 15.1. The predicted molar refractivity (Wildman–Crippen MR) is 128 cm³/mol. The highest BCUT2D eigenvalue weighted by Gasteiger charge is 2.35. The second-order valence-corrected chi connectivity index (χ2v) is 9.69. The molecule has 2 aliphatic carbocycles. The highest BCUT2D eigenvalue weighted by atomic mass is 35.5. The summed E-state index contributed by atoms with van der Waals surface area (Å²) in [7, 11) is 0. The van der Waals surface area contributed by atoms with Gasteiger partial charge in [-0.1, -0.05) is 73.3 Å². The van der Waals surface area contributed by atoms with E-state index < -0.39 is 0 Å². The summed E-state index contributed by atoms with van der Waals surface area (Å²) in [6, 6.07) is 16.7. The molecule has 1 aromatic heterocycles. The molecule has 1 atom stereocenters. The smallest absolute Gasteiger partial charge is 0.245 e. The molecule has 6 heteroatoms. The zero-order valence-electron chi connectivity index (χ0n) is 17.8. The number of aromatic nitrogens is 3. The van der Waals surface area contributed by atoms with Crippen molar-refractivity contribution < 1.29 is 0 Å². The molecule has 5 rings (SSSR count). The lowest BCUT2D eigenvalue weighted by Gasteiger charge is -2.31. The van der Waals surface area contributed by atoms with E-state index in [9.17, 15) is 0 Å². The third-order valence-electron chi connectivity index (χ3n) is 6.24. The van der Waals surface area contributed by atoms with Crippen molar-refractivity contribution in [3.05, 3.63) is 70.0 Å². The molecule has 0 radical (unpaired) electrons. The summed E-state index contributed by atoms with van der Waals surface area (Å²) >= 11 is 12.7. The number of hydrogen-bond donors (Lipinski definition) is 0. The molecule has 0 amide bonds. The van der Waals surface area contributed by atoms with E-state index in [0.29, 0.717) is 16.0 Å². The monoisotopic (exact) mass is 454 g/mol. The van der Waals surface area contributed by atoms with Gasteiger partial charge in [-0.2, -0.15) is 4.98 Å².